The minimum atomic E-state index is -0.871. The van der Waals surface area contributed by atoms with Gasteiger partial charge in [0.25, 0.3) is 0 Å². The molecule has 3 nitrogen and oxygen atoms in total. The van der Waals surface area contributed by atoms with Gasteiger partial charge < -0.3 is 5.73 Å². The van der Waals surface area contributed by atoms with Crippen LogP contribution in [0.2, 0.25) is 5.31 Å². The van der Waals surface area contributed by atoms with Crippen LogP contribution in [0.25, 0.3) is 0 Å². The average Bonchev–Trinajstić information content (AvgIpc) is 2.51. The number of nitrogens with zero attached hydrogens (tertiary/aromatic N) is 1. The fourth-order valence-electron chi connectivity index (χ4n) is 4.76. The normalized spacial score (nSPS) is 16.1. The SMILES string of the molecule is [B]C(C)(CC(C)(C)c1ccc(C(C)(C)CC(C)(C)N=CN)cc1)C(=O)C(C)(C)C. The van der Waals surface area contributed by atoms with E-state index >= 15 is 0 Å². The van der Waals surface area contributed by atoms with Gasteiger partial charge in [0.05, 0.1) is 19.7 Å². The smallest absolute Gasteiger partial charge is 0.135 e. The second-order valence-electron chi connectivity index (χ2n) is 11.8. The van der Waals surface area contributed by atoms with Crippen LogP contribution in [0.15, 0.2) is 29.3 Å². The second kappa shape index (κ2) is 8.28. The van der Waals surface area contributed by atoms with Crippen LogP contribution in [0.4, 0.5) is 0 Å². The molecule has 1 aromatic carbocycles. The molecule has 0 heterocycles. The van der Waals surface area contributed by atoms with Gasteiger partial charge in [-0.2, -0.15) is 0 Å². The van der Waals surface area contributed by atoms with Gasteiger partial charge in [-0.1, -0.05) is 79.7 Å². The van der Waals surface area contributed by atoms with E-state index < -0.39 is 10.7 Å². The number of ketones is 1. The van der Waals surface area contributed by atoms with Crippen molar-refractivity contribution >= 4 is 20.0 Å². The average molecular weight is 396 g/mol. The molecule has 0 aliphatic carbocycles. The van der Waals surface area contributed by atoms with E-state index in [1.54, 1.807) is 0 Å². The molecule has 0 saturated carbocycles. The van der Waals surface area contributed by atoms with Crippen LogP contribution in [0.3, 0.4) is 0 Å². The van der Waals surface area contributed by atoms with Crippen molar-refractivity contribution in [1.29, 1.82) is 0 Å². The molecule has 1 atom stereocenters. The summed E-state index contributed by atoms with van der Waals surface area (Å²) >= 11 is 0. The van der Waals surface area contributed by atoms with Crippen LogP contribution in [-0.4, -0.2) is 25.5 Å². The highest BCUT2D eigenvalue weighted by Gasteiger charge is 2.40. The zero-order chi connectivity index (χ0) is 22.9. The molecule has 29 heavy (non-hydrogen) atoms. The van der Waals surface area contributed by atoms with Gasteiger partial charge in [0.15, 0.2) is 0 Å². The quantitative estimate of drug-likeness (QED) is 0.346. The molecule has 0 aromatic heterocycles. The maximum absolute atomic E-state index is 12.8. The molecule has 0 amide bonds. The molecular formula is C25H41BN2O. The van der Waals surface area contributed by atoms with E-state index in [1.807, 2.05) is 27.7 Å². The summed E-state index contributed by atoms with van der Waals surface area (Å²) in [6, 6.07) is 8.74. The molecule has 0 aliphatic heterocycles. The van der Waals surface area contributed by atoms with Gasteiger partial charge in [-0.25, -0.2) is 0 Å². The van der Waals surface area contributed by atoms with Crippen molar-refractivity contribution in [3.8, 4) is 0 Å². The predicted octanol–water partition coefficient (Wildman–Crippen LogP) is 5.75. The highest BCUT2D eigenvalue weighted by Crippen LogP contribution is 2.44. The summed E-state index contributed by atoms with van der Waals surface area (Å²) in [4.78, 5) is 17.2. The zero-order valence-corrected chi connectivity index (χ0v) is 20.3. The standard InChI is InChI=1S/C25H41BN2O/c1-21(2,3)20(29)25(10,26)16-23(6,7)19-13-11-18(12-14-19)22(4,5)15-24(8,9)28-17-27/h11-14,17H,15-16H2,1-10H3,(H2,27,28). The van der Waals surface area contributed by atoms with Crippen molar-refractivity contribution < 1.29 is 4.79 Å². The van der Waals surface area contributed by atoms with E-state index in [9.17, 15) is 4.79 Å². The Balaban J connectivity index is 3.09. The summed E-state index contributed by atoms with van der Waals surface area (Å²) in [6.45, 7) is 20.6. The van der Waals surface area contributed by atoms with Gasteiger partial charge in [-0.15, -0.1) is 0 Å². The van der Waals surface area contributed by atoms with E-state index in [2.05, 4.69) is 70.8 Å². The number of carbonyl (C=O) groups is 1. The molecule has 160 valence electrons. The molecule has 1 unspecified atom stereocenters. The number of rotatable bonds is 8. The summed E-state index contributed by atoms with van der Waals surface area (Å²) in [5.74, 6) is 0.0959. The molecule has 2 N–H and O–H groups in total. The first-order valence-corrected chi connectivity index (χ1v) is 10.5. The summed E-state index contributed by atoms with van der Waals surface area (Å²) in [6.07, 6.45) is 2.87. The summed E-state index contributed by atoms with van der Waals surface area (Å²) < 4.78 is 0. The van der Waals surface area contributed by atoms with Crippen LogP contribution in [0, 0.1) is 5.41 Å². The largest absolute Gasteiger partial charge is 0.390 e. The molecule has 0 spiro atoms. The first-order valence-electron chi connectivity index (χ1n) is 10.5. The molecule has 1 aromatic rings. The van der Waals surface area contributed by atoms with Crippen molar-refractivity contribution in [3.63, 3.8) is 0 Å². The van der Waals surface area contributed by atoms with E-state index in [0.717, 1.165) is 6.42 Å². The Morgan fingerprint density at radius 3 is 1.59 bits per heavy atom. The van der Waals surface area contributed by atoms with Gasteiger partial charge in [0, 0.05) is 5.41 Å². The first-order chi connectivity index (χ1) is 12.8. The lowest BCUT2D eigenvalue weighted by Crippen LogP contribution is -2.37. The van der Waals surface area contributed by atoms with E-state index in [4.69, 9.17) is 13.6 Å². The van der Waals surface area contributed by atoms with Crippen molar-refractivity contribution in [2.45, 2.75) is 104 Å². The van der Waals surface area contributed by atoms with Gasteiger partial charge in [-0.05, 0) is 54.0 Å². The van der Waals surface area contributed by atoms with E-state index in [1.165, 1.54) is 17.5 Å². The maximum atomic E-state index is 12.8. The lowest BCUT2D eigenvalue weighted by molar-refractivity contribution is -0.129. The Labute approximate surface area is 180 Å². The molecule has 0 bridgehead atoms. The van der Waals surface area contributed by atoms with Crippen molar-refractivity contribution in [3.05, 3.63) is 35.4 Å². The molecule has 0 aliphatic rings. The van der Waals surface area contributed by atoms with Crippen molar-refractivity contribution in [2.24, 2.45) is 16.1 Å². The molecule has 0 fully saturated rings. The maximum Gasteiger partial charge on any atom is 0.135 e. The lowest BCUT2D eigenvalue weighted by atomic mass is 9.55. The highest BCUT2D eigenvalue weighted by molar-refractivity contribution is 6.29. The predicted molar refractivity (Wildman–Crippen MR) is 127 cm³/mol. The fraction of sp³-hybridized carbons (Fsp3) is 0.680. The fourth-order valence-corrected chi connectivity index (χ4v) is 4.76. The second-order valence-corrected chi connectivity index (χ2v) is 11.8. The molecule has 4 heteroatoms. The summed E-state index contributed by atoms with van der Waals surface area (Å²) in [5, 5.41) is -0.871. The van der Waals surface area contributed by atoms with Crippen LogP contribution >= 0.6 is 0 Å². The minimum absolute atomic E-state index is 0.0384. The molecule has 2 radical (unpaired) electrons. The van der Waals surface area contributed by atoms with E-state index in [-0.39, 0.29) is 22.2 Å². The zero-order valence-electron chi connectivity index (χ0n) is 20.3. The molecular weight excluding hydrogens is 355 g/mol. The topological polar surface area (TPSA) is 55.4 Å². The first kappa shape index (κ1) is 25.5. The van der Waals surface area contributed by atoms with E-state index in [0.29, 0.717) is 6.42 Å². The number of nitrogens with two attached hydrogens (primary N) is 1. The number of Topliss-reactive ketones (excluding diaryl/α,β-unsaturated/α-hetero) is 1. The van der Waals surface area contributed by atoms with Crippen molar-refractivity contribution in [2.75, 3.05) is 0 Å². The lowest BCUT2D eigenvalue weighted by Gasteiger charge is -2.38. The third-order valence-electron chi connectivity index (χ3n) is 5.76. The number of aliphatic imine (C=N–C) groups is 1. The minimum Gasteiger partial charge on any atom is -0.390 e. The number of hydrogen-bond acceptors (Lipinski definition) is 2. The third kappa shape index (κ3) is 6.72. The summed E-state index contributed by atoms with van der Waals surface area (Å²) in [7, 11) is 6.49. The Morgan fingerprint density at radius 1 is 0.862 bits per heavy atom. The Morgan fingerprint density at radius 2 is 1.24 bits per heavy atom. The summed E-state index contributed by atoms with van der Waals surface area (Å²) in [5.41, 5.74) is 7.04. The van der Waals surface area contributed by atoms with Crippen LogP contribution in [-0.2, 0) is 15.6 Å². The number of benzene rings is 1. The van der Waals surface area contributed by atoms with Crippen LogP contribution in [0.5, 0.6) is 0 Å². The monoisotopic (exact) mass is 396 g/mol. The highest BCUT2D eigenvalue weighted by atomic mass is 16.1. The molecule has 0 saturated heterocycles. The third-order valence-corrected chi connectivity index (χ3v) is 5.76. The van der Waals surface area contributed by atoms with Gasteiger partial charge in [0.2, 0.25) is 0 Å². The van der Waals surface area contributed by atoms with Gasteiger partial charge in [0.1, 0.15) is 5.78 Å². The van der Waals surface area contributed by atoms with Crippen molar-refractivity contribution in [1.82, 2.24) is 0 Å². The van der Waals surface area contributed by atoms with Gasteiger partial charge >= 0.3 is 0 Å². The number of carbonyl (C=O) groups excluding carboxylic acids is 1. The number of hydrogen-bond donors (Lipinski definition) is 1. The Kier molecular flexibility index (Phi) is 7.27. The van der Waals surface area contributed by atoms with Gasteiger partial charge in [-0.3, -0.25) is 9.79 Å². The Bertz CT molecular complexity index is 735. The Hall–Kier alpha value is -1.58. The van der Waals surface area contributed by atoms with Crippen LogP contribution in [0.1, 0.15) is 93.2 Å². The van der Waals surface area contributed by atoms with Crippen LogP contribution < -0.4 is 5.73 Å². The molecule has 1 rings (SSSR count).